The van der Waals surface area contributed by atoms with E-state index >= 15 is 0 Å². The van der Waals surface area contributed by atoms with Crippen molar-refractivity contribution in [1.29, 1.82) is 0 Å². The molecule has 0 unspecified atom stereocenters. The topological polar surface area (TPSA) is 26.3 Å². The maximum Gasteiger partial charge on any atom is 0.317 e. The molecule has 0 rings (SSSR count). The smallest absolute Gasteiger partial charge is 0.317 e. The van der Waals surface area contributed by atoms with E-state index in [1.807, 2.05) is 6.92 Å². The molecular formula is C6H12O2S. The summed E-state index contributed by atoms with van der Waals surface area (Å²) in [5, 5.41) is 0. The maximum absolute atomic E-state index is 10.4. The summed E-state index contributed by atoms with van der Waals surface area (Å²) >= 11 is 1.24. The number of carbonyl (C=O) groups excluding carboxylic acids is 1. The van der Waals surface area contributed by atoms with Crippen molar-refractivity contribution in [2.75, 3.05) is 5.75 Å². The van der Waals surface area contributed by atoms with E-state index < -0.39 is 0 Å². The maximum atomic E-state index is 10.4. The van der Waals surface area contributed by atoms with E-state index in [2.05, 4.69) is 0 Å². The molecule has 0 aliphatic heterocycles. The predicted octanol–water partition coefficient (Wildman–Crippen LogP) is 2.00. The molecule has 0 aromatic rings. The van der Waals surface area contributed by atoms with Gasteiger partial charge in [0.25, 0.3) is 0 Å². The van der Waals surface area contributed by atoms with Crippen molar-refractivity contribution in [3.8, 4) is 0 Å². The van der Waals surface area contributed by atoms with Gasteiger partial charge in [0.1, 0.15) is 0 Å². The zero-order valence-corrected chi connectivity index (χ0v) is 6.66. The molecule has 0 aliphatic rings. The summed E-state index contributed by atoms with van der Waals surface area (Å²) in [6, 6.07) is 0. The van der Waals surface area contributed by atoms with Crippen LogP contribution in [0.5, 0.6) is 0 Å². The molecule has 2 nitrogen and oxygen atoms in total. The monoisotopic (exact) mass is 148 g/mol. The average Bonchev–Trinajstić information content (AvgIpc) is 1.89. The summed E-state index contributed by atoms with van der Waals surface area (Å²) in [6.45, 7) is 3.83. The fraction of sp³-hybridized carbons (Fsp3) is 0.833. The van der Waals surface area contributed by atoms with Crippen molar-refractivity contribution >= 4 is 18.0 Å². The fourth-order valence-electron chi connectivity index (χ4n) is 0.250. The molecule has 0 spiro atoms. The summed E-state index contributed by atoms with van der Waals surface area (Å²) in [5.74, 6) is 0.764. The summed E-state index contributed by atoms with van der Waals surface area (Å²) in [5.41, 5.74) is 0. The molecule has 0 saturated carbocycles. The van der Waals surface area contributed by atoms with Gasteiger partial charge < -0.3 is 4.18 Å². The third kappa shape index (κ3) is 5.69. The Morgan fingerprint density at radius 3 is 2.67 bits per heavy atom. The van der Waals surface area contributed by atoms with Crippen molar-refractivity contribution in [3.63, 3.8) is 0 Å². The van der Waals surface area contributed by atoms with Crippen LogP contribution in [-0.4, -0.2) is 11.7 Å². The van der Waals surface area contributed by atoms with Crippen LogP contribution in [0.2, 0.25) is 0 Å². The van der Waals surface area contributed by atoms with Gasteiger partial charge in [-0.25, -0.2) is 0 Å². The van der Waals surface area contributed by atoms with Crippen LogP contribution in [0.15, 0.2) is 0 Å². The normalized spacial score (nSPS) is 9.11. The zero-order valence-electron chi connectivity index (χ0n) is 5.85. The molecule has 0 amide bonds. The second kappa shape index (κ2) is 5.95. The zero-order chi connectivity index (χ0) is 7.11. The van der Waals surface area contributed by atoms with E-state index in [1.54, 1.807) is 6.92 Å². The van der Waals surface area contributed by atoms with Crippen molar-refractivity contribution in [2.24, 2.45) is 0 Å². The highest BCUT2D eigenvalue weighted by atomic mass is 32.2. The predicted molar refractivity (Wildman–Crippen MR) is 39.1 cm³/mol. The van der Waals surface area contributed by atoms with Crippen LogP contribution in [0, 0.1) is 0 Å². The van der Waals surface area contributed by atoms with Crippen LogP contribution in [0.1, 0.15) is 26.7 Å². The highest BCUT2D eigenvalue weighted by molar-refractivity contribution is 7.95. The van der Waals surface area contributed by atoms with Crippen molar-refractivity contribution in [1.82, 2.24) is 0 Å². The third-order valence-electron chi connectivity index (χ3n) is 0.728. The van der Waals surface area contributed by atoms with Crippen LogP contribution in [0.4, 0.5) is 0 Å². The molecule has 0 saturated heterocycles. The second-order valence-corrected chi connectivity index (χ2v) is 2.44. The van der Waals surface area contributed by atoms with Crippen LogP contribution >= 0.6 is 12.0 Å². The minimum Gasteiger partial charge on any atom is -0.391 e. The number of rotatable bonds is 4. The number of hydrogen-bond donors (Lipinski definition) is 0. The minimum atomic E-state index is -0.131. The Bertz CT molecular complexity index is 83.1. The molecule has 0 fully saturated rings. The number of hydrogen-bond acceptors (Lipinski definition) is 3. The Hall–Kier alpha value is -0.180. The molecule has 54 valence electrons. The highest BCUT2D eigenvalue weighted by Crippen LogP contribution is 2.04. The lowest BCUT2D eigenvalue weighted by Gasteiger charge is -1.96. The van der Waals surface area contributed by atoms with E-state index in [9.17, 15) is 4.79 Å². The second-order valence-electron chi connectivity index (χ2n) is 1.63. The van der Waals surface area contributed by atoms with Gasteiger partial charge in [-0.1, -0.05) is 13.8 Å². The molecular weight excluding hydrogens is 136 g/mol. The molecule has 0 N–H and O–H groups in total. The molecule has 3 heteroatoms. The Balaban J connectivity index is 2.97. The molecule has 0 aromatic carbocycles. The molecule has 0 radical (unpaired) electrons. The first-order valence-electron chi connectivity index (χ1n) is 3.13. The van der Waals surface area contributed by atoms with Crippen LogP contribution in [0.3, 0.4) is 0 Å². The minimum absolute atomic E-state index is 0.131. The molecule has 0 aromatic heterocycles. The van der Waals surface area contributed by atoms with Gasteiger partial charge in [0.15, 0.2) is 0 Å². The van der Waals surface area contributed by atoms with Gasteiger partial charge in [-0.05, 0) is 6.42 Å². The highest BCUT2D eigenvalue weighted by Gasteiger charge is 1.96. The summed E-state index contributed by atoms with van der Waals surface area (Å²) < 4.78 is 4.71. The summed E-state index contributed by atoms with van der Waals surface area (Å²) in [4.78, 5) is 10.4. The van der Waals surface area contributed by atoms with Gasteiger partial charge >= 0.3 is 5.97 Å². The van der Waals surface area contributed by atoms with Crippen LogP contribution in [-0.2, 0) is 8.98 Å². The van der Waals surface area contributed by atoms with Gasteiger partial charge in [-0.2, -0.15) is 0 Å². The van der Waals surface area contributed by atoms with Gasteiger partial charge in [0.05, 0.1) is 12.0 Å². The summed E-state index contributed by atoms with van der Waals surface area (Å²) in [6.07, 6.45) is 1.51. The first-order valence-corrected chi connectivity index (χ1v) is 4.04. The molecule has 0 aliphatic carbocycles. The SMILES string of the molecule is CCCSOC(=O)CC. The first-order chi connectivity index (χ1) is 4.31. The molecule has 0 atom stereocenters. The Morgan fingerprint density at radius 2 is 2.22 bits per heavy atom. The lowest BCUT2D eigenvalue weighted by molar-refractivity contribution is -0.132. The quantitative estimate of drug-likeness (QED) is 0.450. The van der Waals surface area contributed by atoms with E-state index in [0.717, 1.165) is 12.2 Å². The number of carbonyl (C=O) groups is 1. The third-order valence-corrected chi connectivity index (χ3v) is 1.61. The van der Waals surface area contributed by atoms with Gasteiger partial charge in [0.2, 0.25) is 0 Å². The Labute approximate surface area is 60.2 Å². The molecule has 0 bridgehead atoms. The van der Waals surface area contributed by atoms with Crippen molar-refractivity contribution in [2.45, 2.75) is 26.7 Å². The summed E-state index contributed by atoms with van der Waals surface area (Å²) in [7, 11) is 0. The van der Waals surface area contributed by atoms with Crippen molar-refractivity contribution in [3.05, 3.63) is 0 Å². The molecule has 9 heavy (non-hydrogen) atoms. The van der Waals surface area contributed by atoms with Gasteiger partial charge in [-0.15, -0.1) is 0 Å². The largest absolute Gasteiger partial charge is 0.391 e. The van der Waals surface area contributed by atoms with Crippen LogP contribution in [0.25, 0.3) is 0 Å². The van der Waals surface area contributed by atoms with E-state index in [4.69, 9.17) is 4.18 Å². The van der Waals surface area contributed by atoms with E-state index in [-0.39, 0.29) is 5.97 Å². The Morgan fingerprint density at radius 1 is 1.56 bits per heavy atom. The van der Waals surface area contributed by atoms with E-state index in [0.29, 0.717) is 6.42 Å². The Kier molecular flexibility index (Phi) is 5.83. The van der Waals surface area contributed by atoms with E-state index in [1.165, 1.54) is 12.0 Å². The lowest BCUT2D eigenvalue weighted by Crippen LogP contribution is -1.95. The lowest BCUT2D eigenvalue weighted by atomic mass is 10.5. The average molecular weight is 148 g/mol. The van der Waals surface area contributed by atoms with Crippen molar-refractivity contribution < 1.29 is 8.98 Å². The molecule has 0 heterocycles. The van der Waals surface area contributed by atoms with Gasteiger partial charge in [-0.3, -0.25) is 4.79 Å². The standard InChI is InChI=1S/C6H12O2S/c1-3-5-9-8-6(7)4-2/h3-5H2,1-2H3. The first kappa shape index (κ1) is 8.82. The fourth-order valence-corrected chi connectivity index (χ4v) is 0.749. The van der Waals surface area contributed by atoms with Gasteiger partial charge in [0, 0.05) is 12.2 Å². The van der Waals surface area contributed by atoms with Crippen LogP contribution < -0.4 is 0 Å².